The minimum absolute atomic E-state index is 0.00986. The monoisotopic (exact) mass is 406 g/mol. The van der Waals surface area contributed by atoms with Crippen molar-refractivity contribution in [2.24, 2.45) is 5.14 Å². The summed E-state index contributed by atoms with van der Waals surface area (Å²) in [4.78, 5) is 28.1. The number of nitrogens with zero attached hydrogens (tertiary/aromatic N) is 1. The van der Waals surface area contributed by atoms with Crippen molar-refractivity contribution in [3.63, 3.8) is 0 Å². The third kappa shape index (κ3) is 5.00. The minimum atomic E-state index is -3.78. The first kappa shape index (κ1) is 18.8. The molecule has 0 atom stereocenters. The maximum Gasteiger partial charge on any atom is 0.293 e. The molecule has 2 aromatic heterocycles. The molecule has 140 valence electrons. The third-order valence-corrected chi connectivity index (χ3v) is 5.06. The van der Waals surface area contributed by atoms with E-state index in [0.29, 0.717) is 16.5 Å². The Labute approximate surface area is 158 Å². The van der Waals surface area contributed by atoms with Gasteiger partial charge in [-0.2, -0.15) is 0 Å². The lowest BCUT2D eigenvalue weighted by Gasteiger charge is -2.05. The van der Waals surface area contributed by atoms with E-state index in [1.165, 1.54) is 47.9 Å². The minimum Gasteiger partial charge on any atom is -0.459 e. The van der Waals surface area contributed by atoms with Gasteiger partial charge in [-0.15, -0.1) is 11.3 Å². The van der Waals surface area contributed by atoms with Crippen LogP contribution in [-0.2, 0) is 21.2 Å². The molecular weight excluding hydrogens is 392 g/mol. The van der Waals surface area contributed by atoms with Crippen molar-refractivity contribution >= 4 is 44.0 Å². The molecule has 3 rings (SSSR count). The second-order valence-electron chi connectivity index (χ2n) is 5.37. The fourth-order valence-electron chi connectivity index (χ4n) is 2.11. The van der Waals surface area contributed by atoms with Crippen molar-refractivity contribution in [1.82, 2.24) is 4.98 Å². The molecule has 11 heteroatoms. The molecule has 1 aromatic carbocycles. The van der Waals surface area contributed by atoms with Gasteiger partial charge in [-0.3, -0.25) is 14.9 Å². The van der Waals surface area contributed by atoms with Crippen molar-refractivity contribution in [2.75, 3.05) is 10.6 Å². The highest BCUT2D eigenvalue weighted by atomic mass is 32.2. The summed E-state index contributed by atoms with van der Waals surface area (Å²) in [6.07, 6.45) is 1.38. The van der Waals surface area contributed by atoms with Gasteiger partial charge in [0.2, 0.25) is 15.9 Å². The second-order valence-corrected chi connectivity index (χ2v) is 7.79. The average Bonchev–Trinajstić information content (AvgIpc) is 3.26. The zero-order valence-electron chi connectivity index (χ0n) is 13.7. The van der Waals surface area contributed by atoms with Crippen LogP contribution in [0.25, 0.3) is 0 Å². The molecule has 0 unspecified atom stereocenters. The quantitative estimate of drug-likeness (QED) is 0.569. The van der Waals surface area contributed by atoms with Gasteiger partial charge in [0.05, 0.1) is 23.3 Å². The van der Waals surface area contributed by atoms with Gasteiger partial charge >= 0.3 is 0 Å². The van der Waals surface area contributed by atoms with E-state index < -0.39 is 15.9 Å². The SMILES string of the molecule is NS(=O)(=O)c1ccc(NC(=O)Cc2csc(NC(=O)c3ccco3)n2)cc1. The smallest absolute Gasteiger partial charge is 0.293 e. The molecule has 0 aliphatic carbocycles. The van der Waals surface area contributed by atoms with Crippen LogP contribution in [0, 0.1) is 0 Å². The highest BCUT2D eigenvalue weighted by molar-refractivity contribution is 7.89. The van der Waals surface area contributed by atoms with Crippen LogP contribution < -0.4 is 15.8 Å². The standard InChI is InChI=1S/C16H14N4O5S2/c17-27(23,24)12-5-3-10(4-6-12)18-14(21)8-11-9-26-16(19-11)20-15(22)13-2-1-7-25-13/h1-7,9H,8H2,(H,18,21)(H2,17,23,24)(H,19,20,22). The van der Waals surface area contributed by atoms with Gasteiger partial charge in [0.25, 0.3) is 5.91 Å². The predicted octanol–water partition coefficient (Wildman–Crippen LogP) is 1.82. The van der Waals surface area contributed by atoms with Crippen LogP contribution in [0.3, 0.4) is 0 Å². The van der Waals surface area contributed by atoms with Gasteiger partial charge < -0.3 is 9.73 Å². The molecule has 0 fully saturated rings. The molecule has 0 spiro atoms. The fourth-order valence-corrected chi connectivity index (χ4v) is 3.33. The Morgan fingerprint density at radius 3 is 2.52 bits per heavy atom. The first-order chi connectivity index (χ1) is 12.8. The van der Waals surface area contributed by atoms with E-state index in [9.17, 15) is 18.0 Å². The number of thiazole rings is 1. The van der Waals surface area contributed by atoms with E-state index in [1.54, 1.807) is 11.4 Å². The van der Waals surface area contributed by atoms with E-state index in [0.717, 1.165) is 0 Å². The molecule has 0 aliphatic heterocycles. The van der Waals surface area contributed by atoms with Gasteiger partial charge in [-0.05, 0) is 36.4 Å². The first-order valence-electron chi connectivity index (χ1n) is 7.53. The van der Waals surface area contributed by atoms with Gasteiger partial charge in [0, 0.05) is 11.1 Å². The summed E-state index contributed by atoms with van der Waals surface area (Å²) in [5, 5.41) is 12.2. The van der Waals surface area contributed by atoms with Crippen molar-refractivity contribution in [3.05, 3.63) is 59.5 Å². The zero-order chi connectivity index (χ0) is 19.4. The number of nitrogens with one attached hydrogen (secondary N) is 2. The van der Waals surface area contributed by atoms with Crippen molar-refractivity contribution in [2.45, 2.75) is 11.3 Å². The number of aromatic nitrogens is 1. The van der Waals surface area contributed by atoms with Crippen LogP contribution >= 0.6 is 11.3 Å². The summed E-state index contributed by atoms with van der Waals surface area (Å²) < 4.78 is 27.4. The Morgan fingerprint density at radius 1 is 1.15 bits per heavy atom. The van der Waals surface area contributed by atoms with E-state index in [-0.39, 0.29) is 23.0 Å². The third-order valence-electron chi connectivity index (χ3n) is 3.33. The molecular formula is C16H14N4O5S2. The van der Waals surface area contributed by atoms with Gasteiger partial charge in [-0.1, -0.05) is 0 Å². The van der Waals surface area contributed by atoms with Crippen LogP contribution in [-0.4, -0.2) is 25.2 Å². The molecule has 4 N–H and O–H groups in total. The van der Waals surface area contributed by atoms with E-state index >= 15 is 0 Å². The maximum atomic E-state index is 12.1. The number of anilines is 2. The lowest BCUT2D eigenvalue weighted by molar-refractivity contribution is -0.115. The number of hydrogen-bond donors (Lipinski definition) is 3. The van der Waals surface area contributed by atoms with Crippen LogP contribution in [0.15, 0.2) is 57.4 Å². The Hall–Kier alpha value is -3.02. The molecule has 27 heavy (non-hydrogen) atoms. The predicted molar refractivity (Wildman–Crippen MR) is 98.9 cm³/mol. The number of carbonyl (C=O) groups excluding carboxylic acids is 2. The Morgan fingerprint density at radius 2 is 1.89 bits per heavy atom. The molecule has 0 aliphatic rings. The fraction of sp³-hybridized carbons (Fsp3) is 0.0625. The Bertz CT molecular complexity index is 1060. The lowest BCUT2D eigenvalue weighted by Crippen LogP contribution is -2.16. The van der Waals surface area contributed by atoms with Crippen LogP contribution in [0.1, 0.15) is 16.2 Å². The number of rotatable bonds is 6. The molecule has 0 radical (unpaired) electrons. The van der Waals surface area contributed by atoms with Gasteiger partial charge in [0.15, 0.2) is 10.9 Å². The number of hydrogen-bond acceptors (Lipinski definition) is 7. The maximum absolute atomic E-state index is 12.1. The summed E-state index contributed by atoms with van der Waals surface area (Å²) in [5.74, 6) is -0.611. The van der Waals surface area contributed by atoms with Crippen LogP contribution in [0.5, 0.6) is 0 Å². The summed E-state index contributed by atoms with van der Waals surface area (Å²) in [7, 11) is -3.78. The van der Waals surface area contributed by atoms with E-state index in [2.05, 4.69) is 15.6 Å². The largest absolute Gasteiger partial charge is 0.459 e. The summed E-state index contributed by atoms with van der Waals surface area (Å²) in [6, 6.07) is 8.61. The zero-order valence-corrected chi connectivity index (χ0v) is 15.3. The van der Waals surface area contributed by atoms with E-state index in [4.69, 9.17) is 9.56 Å². The number of sulfonamides is 1. The number of primary sulfonamides is 1. The molecule has 0 saturated carbocycles. The first-order valence-corrected chi connectivity index (χ1v) is 9.96. The topological polar surface area (TPSA) is 144 Å². The van der Waals surface area contributed by atoms with E-state index in [1.807, 2.05) is 0 Å². The lowest BCUT2D eigenvalue weighted by atomic mass is 10.3. The summed E-state index contributed by atoms with van der Waals surface area (Å²) in [5.41, 5.74) is 0.905. The number of furan rings is 1. The highest BCUT2D eigenvalue weighted by Crippen LogP contribution is 2.18. The Kier molecular flexibility index (Phi) is 5.35. The molecule has 3 aromatic rings. The number of amides is 2. The average molecular weight is 406 g/mol. The summed E-state index contributed by atoms with van der Waals surface area (Å²) in [6.45, 7) is 0. The normalized spacial score (nSPS) is 11.1. The van der Waals surface area contributed by atoms with Crippen LogP contribution in [0.2, 0.25) is 0 Å². The van der Waals surface area contributed by atoms with Crippen molar-refractivity contribution in [3.8, 4) is 0 Å². The summed E-state index contributed by atoms with van der Waals surface area (Å²) >= 11 is 1.18. The molecule has 9 nitrogen and oxygen atoms in total. The number of carbonyl (C=O) groups is 2. The highest BCUT2D eigenvalue weighted by Gasteiger charge is 2.13. The Balaban J connectivity index is 1.57. The van der Waals surface area contributed by atoms with Crippen LogP contribution in [0.4, 0.5) is 10.8 Å². The molecule has 0 bridgehead atoms. The number of nitrogens with two attached hydrogens (primary N) is 1. The molecule has 2 heterocycles. The van der Waals surface area contributed by atoms with Gasteiger partial charge in [-0.25, -0.2) is 18.5 Å². The van der Waals surface area contributed by atoms with Crippen molar-refractivity contribution < 1.29 is 22.4 Å². The van der Waals surface area contributed by atoms with Gasteiger partial charge in [0.1, 0.15) is 0 Å². The van der Waals surface area contributed by atoms with Crippen molar-refractivity contribution in [1.29, 1.82) is 0 Å². The second kappa shape index (κ2) is 7.70. The molecule has 0 saturated heterocycles. The molecule has 2 amide bonds. The number of benzene rings is 1.